The van der Waals surface area contributed by atoms with Gasteiger partial charge in [-0.1, -0.05) is 0 Å². The highest BCUT2D eigenvalue weighted by atomic mass is 79.9. The molecule has 0 spiro atoms. The maximum absolute atomic E-state index is 9.48. The van der Waals surface area contributed by atoms with Crippen LogP contribution in [-0.4, -0.2) is 19.7 Å². The van der Waals surface area contributed by atoms with Gasteiger partial charge in [0.25, 0.3) is 0 Å². The van der Waals surface area contributed by atoms with Crippen molar-refractivity contribution >= 4 is 27.3 Å². The van der Waals surface area contributed by atoms with Crippen LogP contribution in [0, 0.1) is 0 Å². The summed E-state index contributed by atoms with van der Waals surface area (Å²) in [5.74, 6) is 0.388. The van der Waals surface area contributed by atoms with Gasteiger partial charge in [0.15, 0.2) is 5.82 Å². The Labute approximate surface area is 88.7 Å². The Kier molecular flexibility index (Phi) is 2.16. The third kappa shape index (κ3) is 1.27. The number of aliphatic hydroxyl groups is 1. The van der Waals surface area contributed by atoms with Crippen LogP contribution in [0.1, 0.15) is 18.7 Å². The van der Waals surface area contributed by atoms with Gasteiger partial charge < -0.3 is 10.8 Å². The van der Waals surface area contributed by atoms with E-state index in [4.69, 9.17) is 5.73 Å². The van der Waals surface area contributed by atoms with E-state index in [0.29, 0.717) is 17.0 Å². The molecule has 2 rings (SSSR count). The highest BCUT2D eigenvalue weighted by molar-refractivity contribution is 9.10. The molecule has 0 bridgehead atoms. The maximum Gasteiger partial charge on any atom is 0.152 e. The lowest BCUT2D eigenvalue weighted by molar-refractivity contribution is 0.192. The number of fused-ring (bicyclic) bond motifs is 1. The summed E-state index contributed by atoms with van der Waals surface area (Å²) in [5.41, 5.74) is 7.05. The average Bonchev–Trinajstić information content (AvgIpc) is 2.45. The van der Waals surface area contributed by atoms with Gasteiger partial charge in [-0.05, 0) is 28.9 Å². The van der Waals surface area contributed by atoms with Crippen molar-refractivity contribution in [3.05, 3.63) is 22.6 Å². The smallest absolute Gasteiger partial charge is 0.152 e. The lowest BCUT2D eigenvalue weighted by atomic mass is 10.3. The summed E-state index contributed by atoms with van der Waals surface area (Å²) in [6, 6.07) is 1.78. The number of nitrogens with two attached hydrogens (primary N) is 1. The normalized spacial score (nSPS) is 13.4. The van der Waals surface area contributed by atoms with Crippen molar-refractivity contribution in [2.24, 2.45) is 0 Å². The molecule has 2 aromatic rings. The molecule has 0 saturated carbocycles. The van der Waals surface area contributed by atoms with Gasteiger partial charge in [-0.25, -0.2) is 9.50 Å². The van der Waals surface area contributed by atoms with Gasteiger partial charge in [0.2, 0.25) is 0 Å². The van der Waals surface area contributed by atoms with Crippen molar-refractivity contribution in [2.75, 3.05) is 5.73 Å². The second-order valence-electron chi connectivity index (χ2n) is 3.00. The van der Waals surface area contributed by atoms with Gasteiger partial charge in [-0.2, -0.15) is 5.10 Å². The number of aromatic nitrogens is 3. The minimum absolute atomic E-state index is 0.388. The number of halogens is 1. The van der Waals surface area contributed by atoms with Crippen LogP contribution in [-0.2, 0) is 0 Å². The van der Waals surface area contributed by atoms with Gasteiger partial charge in [-0.3, -0.25) is 0 Å². The van der Waals surface area contributed by atoms with E-state index < -0.39 is 6.10 Å². The molecule has 6 heteroatoms. The molecule has 0 aliphatic heterocycles. The molecule has 0 unspecified atom stereocenters. The van der Waals surface area contributed by atoms with Crippen molar-refractivity contribution in [1.29, 1.82) is 0 Å². The lowest BCUT2D eigenvalue weighted by Crippen LogP contribution is -2.03. The minimum atomic E-state index is -0.594. The van der Waals surface area contributed by atoms with Gasteiger partial charge in [0, 0.05) is 4.47 Å². The lowest BCUT2D eigenvalue weighted by Gasteiger charge is -2.03. The first-order valence-corrected chi connectivity index (χ1v) is 4.86. The van der Waals surface area contributed by atoms with Gasteiger partial charge in [0.1, 0.15) is 11.8 Å². The number of hydrogen-bond donors (Lipinski definition) is 2. The Morgan fingerprint density at radius 3 is 3.00 bits per heavy atom. The minimum Gasteiger partial charge on any atom is -0.387 e. The molecule has 0 aliphatic rings. The zero-order valence-electron chi connectivity index (χ0n) is 7.48. The van der Waals surface area contributed by atoms with Crippen molar-refractivity contribution < 1.29 is 5.11 Å². The number of hydrogen-bond acceptors (Lipinski definition) is 4. The van der Waals surface area contributed by atoms with Gasteiger partial charge in [0.05, 0.1) is 11.8 Å². The second-order valence-corrected chi connectivity index (χ2v) is 3.85. The molecule has 74 valence electrons. The van der Waals surface area contributed by atoms with Crippen molar-refractivity contribution in [1.82, 2.24) is 14.6 Å². The third-order valence-corrected chi connectivity index (χ3v) is 2.60. The van der Waals surface area contributed by atoms with Crippen LogP contribution in [0.3, 0.4) is 0 Å². The maximum atomic E-state index is 9.48. The summed E-state index contributed by atoms with van der Waals surface area (Å²) < 4.78 is 2.36. The SMILES string of the molecule is C[C@@H](O)c1cc(Br)c2c(N)ncnn12. The highest BCUT2D eigenvalue weighted by Gasteiger charge is 2.14. The van der Waals surface area contributed by atoms with Crippen LogP contribution in [0.5, 0.6) is 0 Å². The van der Waals surface area contributed by atoms with Crippen LogP contribution < -0.4 is 5.73 Å². The van der Waals surface area contributed by atoms with Crippen molar-refractivity contribution in [2.45, 2.75) is 13.0 Å². The summed E-state index contributed by atoms with van der Waals surface area (Å²) in [6.45, 7) is 1.67. The molecule has 14 heavy (non-hydrogen) atoms. The van der Waals surface area contributed by atoms with Gasteiger partial charge >= 0.3 is 0 Å². The number of anilines is 1. The molecule has 0 aliphatic carbocycles. The molecule has 0 fully saturated rings. The van der Waals surface area contributed by atoms with Crippen LogP contribution in [0.15, 0.2) is 16.9 Å². The molecule has 0 amide bonds. The monoisotopic (exact) mass is 256 g/mol. The fraction of sp³-hybridized carbons (Fsp3) is 0.250. The molecule has 2 heterocycles. The largest absolute Gasteiger partial charge is 0.387 e. The molecule has 5 nitrogen and oxygen atoms in total. The summed E-state index contributed by atoms with van der Waals surface area (Å²) in [7, 11) is 0. The van der Waals surface area contributed by atoms with E-state index in [-0.39, 0.29) is 0 Å². The Hall–Kier alpha value is -1.14. The fourth-order valence-corrected chi connectivity index (χ4v) is 1.95. The topological polar surface area (TPSA) is 76.4 Å². The van der Waals surface area contributed by atoms with E-state index in [1.165, 1.54) is 6.33 Å². The van der Waals surface area contributed by atoms with E-state index in [2.05, 4.69) is 26.0 Å². The Morgan fingerprint density at radius 1 is 1.64 bits per heavy atom. The molecule has 3 N–H and O–H groups in total. The number of rotatable bonds is 1. The summed E-state index contributed by atoms with van der Waals surface area (Å²) in [6.07, 6.45) is 0.767. The zero-order valence-corrected chi connectivity index (χ0v) is 9.06. The summed E-state index contributed by atoms with van der Waals surface area (Å²) in [4.78, 5) is 3.88. The van der Waals surface area contributed by atoms with E-state index in [0.717, 1.165) is 4.47 Å². The average molecular weight is 257 g/mol. The van der Waals surface area contributed by atoms with E-state index in [1.807, 2.05) is 0 Å². The molecular weight excluding hydrogens is 248 g/mol. The van der Waals surface area contributed by atoms with Crippen LogP contribution >= 0.6 is 15.9 Å². The Balaban J connectivity index is 2.84. The third-order valence-electron chi connectivity index (χ3n) is 1.99. The molecule has 2 aromatic heterocycles. The standard InChI is InChI=1S/C8H9BrN4O/c1-4(14)6-2-5(9)7-8(10)11-3-12-13(6)7/h2-4,14H,1H3,(H2,10,11,12)/t4-/m1/s1. The highest BCUT2D eigenvalue weighted by Crippen LogP contribution is 2.27. The van der Waals surface area contributed by atoms with Crippen molar-refractivity contribution in [3.8, 4) is 0 Å². The number of nitrogens with zero attached hydrogens (tertiary/aromatic N) is 3. The van der Waals surface area contributed by atoms with Crippen LogP contribution in [0.25, 0.3) is 5.52 Å². The van der Waals surface area contributed by atoms with Crippen LogP contribution in [0.2, 0.25) is 0 Å². The first-order valence-electron chi connectivity index (χ1n) is 4.07. The predicted molar refractivity (Wildman–Crippen MR) is 55.7 cm³/mol. The number of aliphatic hydroxyl groups excluding tert-OH is 1. The predicted octanol–water partition coefficient (Wildman–Crippen LogP) is 1.13. The molecule has 1 atom stereocenters. The fourth-order valence-electron chi connectivity index (χ4n) is 1.34. The quantitative estimate of drug-likeness (QED) is 0.802. The molecule has 0 radical (unpaired) electrons. The second kappa shape index (κ2) is 3.21. The first-order chi connectivity index (χ1) is 6.61. The van der Waals surface area contributed by atoms with E-state index in [9.17, 15) is 5.11 Å². The Morgan fingerprint density at radius 2 is 2.36 bits per heavy atom. The zero-order chi connectivity index (χ0) is 10.3. The van der Waals surface area contributed by atoms with Crippen molar-refractivity contribution in [3.63, 3.8) is 0 Å². The molecule has 0 saturated heterocycles. The van der Waals surface area contributed by atoms with E-state index in [1.54, 1.807) is 17.5 Å². The summed E-state index contributed by atoms with van der Waals surface area (Å²) >= 11 is 3.34. The Bertz CT molecular complexity index is 479. The summed E-state index contributed by atoms with van der Waals surface area (Å²) in [5, 5.41) is 13.5. The number of nitrogen functional groups attached to an aromatic ring is 1. The van der Waals surface area contributed by atoms with Gasteiger partial charge in [-0.15, -0.1) is 0 Å². The molecule has 0 aromatic carbocycles. The van der Waals surface area contributed by atoms with E-state index >= 15 is 0 Å². The molecular formula is C8H9BrN4O. The van der Waals surface area contributed by atoms with Crippen LogP contribution in [0.4, 0.5) is 5.82 Å². The first kappa shape index (κ1) is 9.42.